The zero-order chi connectivity index (χ0) is 39.1. The highest BCUT2D eigenvalue weighted by molar-refractivity contribution is 7.86. The summed E-state index contributed by atoms with van der Waals surface area (Å²) in [5.74, 6) is 0. The topological polar surface area (TPSA) is 30.2 Å². The molecule has 59 heavy (non-hydrogen) atoms. The minimum Gasteiger partial charge on any atom is -0.309 e. The quantitative estimate of drug-likeness (QED) is 0.163. The highest BCUT2D eigenvalue weighted by Crippen LogP contribution is 2.54. The molecule has 0 spiro atoms. The zero-order valence-electron chi connectivity index (χ0n) is 32.0. The summed E-state index contributed by atoms with van der Waals surface area (Å²) in [7, 11) is -3.17. The molecule has 3 heterocycles. The number of nitrogens with zero attached hydrogens (tertiary/aromatic N) is 3. The van der Waals surface area contributed by atoms with Gasteiger partial charge in [0.25, 0.3) is 0 Å². The average Bonchev–Trinajstić information content (AvgIpc) is 3.83. The molecule has 0 amide bonds. The molecular weight excluding hydrogens is 738 g/mol. The molecule has 1 aliphatic heterocycles. The zero-order valence-corrected chi connectivity index (χ0v) is 32.9. The third kappa shape index (κ3) is 5.00. The summed E-state index contributed by atoms with van der Waals surface area (Å²) < 4.78 is 20.4. The minimum atomic E-state index is -3.17. The molecule has 0 atom stereocenters. The molecule has 9 aromatic carbocycles. The van der Waals surface area contributed by atoms with Crippen molar-refractivity contribution in [3.05, 3.63) is 218 Å². The van der Waals surface area contributed by atoms with Crippen molar-refractivity contribution in [3.8, 4) is 22.5 Å². The first-order valence-corrected chi connectivity index (χ1v) is 21.8. The van der Waals surface area contributed by atoms with Crippen LogP contribution in [0.4, 0.5) is 17.1 Å². The second-order valence-corrected chi connectivity index (χ2v) is 18.0. The van der Waals surface area contributed by atoms with Gasteiger partial charge in [0.1, 0.15) is 0 Å². The highest BCUT2D eigenvalue weighted by Gasteiger charge is 2.40. The molecule has 278 valence electrons. The first-order chi connectivity index (χ1) is 29.2. The Labute approximate surface area is 341 Å². The van der Waals surface area contributed by atoms with E-state index in [0.29, 0.717) is 0 Å². The van der Waals surface area contributed by atoms with Gasteiger partial charge in [-0.05, 0) is 90.0 Å². The van der Waals surface area contributed by atoms with Crippen LogP contribution in [-0.2, 0) is 4.57 Å². The van der Waals surface area contributed by atoms with E-state index in [9.17, 15) is 0 Å². The number of aromatic nitrogens is 2. The van der Waals surface area contributed by atoms with Gasteiger partial charge < -0.3 is 18.6 Å². The minimum absolute atomic E-state index is 0.841. The molecule has 11 aromatic rings. The van der Waals surface area contributed by atoms with E-state index in [2.05, 4.69) is 166 Å². The van der Waals surface area contributed by atoms with Gasteiger partial charge >= 0.3 is 0 Å². The summed E-state index contributed by atoms with van der Waals surface area (Å²) in [5, 5.41) is 7.43. The maximum absolute atomic E-state index is 15.6. The van der Waals surface area contributed by atoms with E-state index in [1.807, 2.05) is 66.7 Å². The predicted molar refractivity (Wildman–Crippen MR) is 248 cm³/mol. The van der Waals surface area contributed by atoms with E-state index in [1.165, 1.54) is 21.5 Å². The standard InChI is InChI=1S/C54H36N3OP/c58-59(42-19-2-1-3-20-42)53-31-14-12-29-51(53)55(52-30-13-15-32-54(52)59)39-18-16-17-37(33-39)38-34-40(56-47-25-8-4-21-43(47)44-22-5-9-26-48(44)56)36-41(35-38)57-49-27-10-6-23-45(49)46-24-7-11-28-50(46)57/h1-36H. The van der Waals surface area contributed by atoms with Gasteiger partial charge in [-0.25, -0.2) is 0 Å². The number of hydrogen-bond acceptors (Lipinski definition) is 2. The van der Waals surface area contributed by atoms with Crippen LogP contribution in [0.15, 0.2) is 218 Å². The van der Waals surface area contributed by atoms with Crippen LogP contribution in [0.25, 0.3) is 66.1 Å². The number of anilines is 3. The maximum atomic E-state index is 15.6. The van der Waals surface area contributed by atoms with Crippen LogP contribution in [0.3, 0.4) is 0 Å². The lowest BCUT2D eigenvalue weighted by molar-refractivity contribution is 0.592. The SMILES string of the molecule is O=P1(c2ccccc2)c2ccccc2N(c2cccc(-c3cc(-n4c5ccccc5c5ccccc54)cc(-n4c5ccccc5c5ccccc54)c3)c2)c2ccccc21. The molecule has 0 aliphatic carbocycles. The van der Waals surface area contributed by atoms with Crippen molar-refractivity contribution in [1.29, 1.82) is 0 Å². The van der Waals surface area contributed by atoms with E-state index in [-0.39, 0.29) is 0 Å². The number of benzene rings is 9. The Morgan fingerprint density at radius 2 is 0.729 bits per heavy atom. The third-order valence-electron chi connectivity index (χ3n) is 12.1. The lowest BCUT2D eigenvalue weighted by atomic mass is 10.0. The van der Waals surface area contributed by atoms with Crippen molar-refractivity contribution >= 4 is 83.7 Å². The van der Waals surface area contributed by atoms with Crippen molar-refractivity contribution in [2.75, 3.05) is 4.90 Å². The largest absolute Gasteiger partial charge is 0.309 e. The molecular formula is C54H36N3OP. The Kier molecular flexibility index (Phi) is 7.47. The first kappa shape index (κ1) is 33.7. The van der Waals surface area contributed by atoms with Crippen LogP contribution in [-0.4, -0.2) is 9.13 Å². The van der Waals surface area contributed by atoms with Gasteiger partial charge in [0.05, 0.1) is 33.4 Å². The molecule has 5 heteroatoms. The van der Waals surface area contributed by atoms with Gasteiger partial charge in [-0.3, -0.25) is 0 Å². The second-order valence-electron chi connectivity index (χ2n) is 15.3. The summed E-state index contributed by atoms with van der Waals surface area (Å²) in [6.07, 6.45) is 0. The molecule has 12 rings (SSSR count). The fraction of sp³-hybridized carbons (Fsp3) is 0. The molecule has 0 bridgehead atoms. The average molecular weight is 774 g/mol. The van der Waals surface area contributed by atoms with Crippen molar-refractivity contribution in [1.82, 2.24) is 9.13 Å². The van der Waals surface area contributed by atoms with Gasteiger partial charge in [0.15, 0.2) is 7.14 Å². The lowest BCUT2D eigenvalue weighted by Gasteiger charge is -2.38. The number of hydrogen-bond donors (Lipinski definition) is 0. The van der Waals surface area contributed by atoms with E-state index in [0.717, 1.165) is 77.5 Å². The summed E-state index contributed by atoms with van der Waals surface area (Å²) in [5.41, 5.74) is 11.9. The summed E-state index contributed by atoms with van der Waals surface area (Å²) in [4.78, 5) is 2.29. The number of para-hydroxylation sites is 6. The third-order valence-corrected chi connectivity index (χ3v) is 15.2. The Morgan fingerprint density at radius 1 is 0.322 bits per heavy atom. The molecule has 4 nitrogen and oxygen atoms in total. The van der Waals surface area contributed by atoms with E-state index >= 15 is 4.57 Å². The van der Waals surface area contributed by atoms with Crippen LogP contribution < -0.4 is 20.8 Å². The predicted octanol–water partition coefficient (Wildman–Crippen LogP) is 13.0. The molecule has 2 aromatic heterocycles. The van der Waals surface area contributed by atoms with Gasteiger partial charge in [-0.2, -0.15) is 0 Å². The van der Waals surface area contributed by atoms with Gasteiger partial charge in [0.2, 0.25) is 0 Å². The van der Waals surface area contributed by atoms with E-state index in [1.54, 1.807) is 0 Å². The van der Waals surface area contributed by atoms with Gasteiger partial charge in [0, 0.05) is 54.5 Å². The first-order valence-electron chi connectivity index (χ1n) is 20.0. The summed E-state index contributed by atoms with van der Waals surface area (Å²) in [6.45, 7) is 0. The Balaban J connectivity index is 1.11. The second kappa shape index (κ2) is 13.1. The molecule has 0 radical (unpaired) electrons. The number of fused-ring (bicyclic) bond motifs is 8. The molecule has 0 saturated carbocycles. The summed E-state index contributed by atoms with van der Waals surface area (Å²) >= 11 is 0. The molecule has 0 fully saturated rings. The smallest absolute Gasteiger partial charge is 0.175 e. The van der Waals surface area contributed by atoms with Crippen LogP contribution in [0.1, 0.15) is 0 Å². The van der Waals surface area contributed by atoms with Crippen LogP contribution in [0, 0.1) is 0 Å². The van der Waals surface area contributed by atoms with Crippen molar-refractivity contribution in [2.45, 2.75) is 0 Å². The molecule has 0 unspecified atom stereocenters. The Hall–Kier alpha value is -7.39. The fourth-order valence-electron chi connectivity index (χ4n) is 9.54. The van der Waals surface area contributed by atoms with E-state index < -0.39 is 7.14 Å². The van der Waals surface area contributed by atoms with E-state index in [4.69, 9.17) is 0 Å². The van der Waals surface area contributed by atoms with Gasteiger partial charge in [-0.15, -0.1) is 0 Å². The maximum Gasteiger partial charge on any atom is 0.175 e. The Bertz CT molecular complexity index is 3220. The van der Waals surface area contributed by atoms with Crippen LogP contribution >= 0.6 is 7.14 Å². The molecule has 0 N–H and O–H groups in total. The Morgan fingerprint density at radius 3 is 1.22 bits per heavy atom. The number of rotatable bonds is 5. The molecule has 1 aliphatic rings. The van der Waals surface area contributed by atoms with Crippen LogP contribution in [0.2, 0.25) is 0 Å². The fourth-order valence-corrected chi connectivity index (χ4v) is 12.5. The monoisotopic (exact) mass is 773 g/mol. The van der Waals surface area contributed by atoms with Crippen molar-refractivity contribution in [2.24, 2.45) is 0 Å². The normalized spacial score (nSPS) is 13.3. The summed E-state index contributed by atoms with van der Waals surface area (Å²) in [6, 6.07) is 77.0. The van der Waals surface area contributed by atoms with Crippen LogP contribution in [0.5, 0.6) is 0 Å². The lowest BCUT2D eigenvalue weighted by Crippen LogP contribution is -2.36. The van der Waals surface area contributed by atoms with Crippen molar-refractivity contribution < 1.29 is 4.57 Å². The van der Waals surface area contributed by atoms with Crippen molar-refractivity contribution in [3.63, 3.8) is 0 Å². The highest BCUT2D eigenvalue weighted by atomic mass is 31.2. The van der Waals surface area contributed by atoms with Gasteiger partial charge in [-0.1, -0.05) is 140 Å². The molecule has 0 saturated heterocycles.